The number of rotatable bonds is 7. The van der Waals surface area contributed by atoms with Gasteiger partial charge in [0.2, 0.25) is 5.91 Å². The van der Waals surface area contributed by atoms with Gasteiger partial charge in [-0.05, 0) is 49.4 Å². The third-order valence-corrected chi connectivity index (χ3v) is 4.58. The highest BCUT2D eigenvalue weighted by molar-refractivity contribution is 6.30. The summed E-state index contributed by atoms with van der Waals surface area (Å²) in [5.74, 6) is 0.449. The van der Waals surface area contributed by atoms with Crippen molar-refractivity contribution in [1.82, 2.24) is 10.2 Å². The molecule has 0 fully saturated rings. The van der Waals surface area contributed by atoms with Gasteiger partial charge in [0, 0.05) is 44.3 Å². The minimum Gasteiger partial charge on any atom is -0.410 e. The van der Waals surface area contributed by atoms with Crippen molar-refractivity contribution in [3.05, 3.63) is 59.1 Å². The zero-order valence-corrected chi connectivity index (χ0v) is 18.6. The van der Waals surface area contributed by atoms with E-state index in [0.717, 1.165) is 11.3 Å². The van der Waals surface area contributed by atoms with Gasteiger partial charge in [-0.25, -0.2) is 4.79 Å². The normalized spacial score (nSPS) is 11.2. The molecule has 0 saturated heterocycles. The molecule has 0 aliphatic rings. The standard InChI is InChI=1S/C21H26ClN3O3.ClH/c1-15(26)25(18-7-5-6-17(22)14-18)13-12-20(23-2)16-8-10-19(11-9-16)28-21(27)24(3)4;/h5-11,14,20,23H,12-13H2,1-4H3;1H. The molecule has 2 aromatic carbocycles. The molecule has 2 amide bonds. The van der Waals surface area contributed by atoms with Crippen LogP contribution in [0, 0.1) is 0 Å². The van der Waals surface area contributed by atoms with Crippen molar-refractivity contribution in [1.29, 1.82) is 0 Å². The average Bonchev–Trinajstić information content (AvgIpc) is 2.65. The van der Waals surface area contributed by atoms with Crippen LogP contribution in [0.5, 0.6) is 5.75 Å². The predicted molar refractivity (Wildman–Crippen MR) is 119 cm³/mol. The topological polar surface area (TPSA) is 61.9 Å². The number of nitrogens with one attached hydrogen (secondary N) is 1. The van der Waals surface area contributed by atoms with Gasteiger partial charge in [-0.2, -0.15) is 0 Å². The molecule has 2 aromatic rings. The molecule has 0 heterocycles. The average molecular weight is 440 g/mol. The fraction of sp³-hybridized carbons (Fsp3) is 0.333. The van der Waals surface area contributed by atoms with E-state index in [9.17, 15) is 9.59 Å². The third-order valence-electron chi connectivity index (χ3n) is 4.34. The number of anilines is 1. The van der Waals surface area contributed by atoms with Crippen molar-refractivity contribution >= 4 is 41.7 Å². The van der Waals surface area contributed by atoms with Crippen LogP contribution in [0.15, 0.2) is 48.5 Å². The van der Waals surface area contributed by atoms with Crippen molar-refractivity contribution in [2.45, 2.75) is 19.4 Å². The number of amides is 2. The Morgan fingerprint density at radius 1 is 1.14 bits per heavy atom. The molecule has 0 aromatic heterocycles. The van der Waals surface area contributed by atoms with Gasteiger partial charge in [0.1, 0.15) is 5.75 Å². The second-order valence-corrected chi connectivity index (χ2v) is 7.05. The van der Waals surface area contributed by atoms with Crippen molar-refractivity contribution in [3.8, 4) is 5.75 Å². The molecule has 1 N–H and O–H groups in total. The summed E-state index contributed by atoms with van der Waals surface area (Å²) in [5.41, 5.74) is 1.82. The maximum absolute atomic E-state index is 12.1. The molecule has 0 aliphatic heterocycles. The number of halogens is 2. The molecule has 0 spiro atoms. The maximum atomic E-state index is 12.1. The zero-order valence-electron chi connectivity index (χ0n) is 17.0. The first-order chi connectivity index (χ1) is 13.3. The highest BCUT2D eigenvalue weighted by Crippen LogP contribution is 2.24. The van der Waals surface area contributed by atoms with Crippen LogP contribution >= 0.6 is 24.0 Å². The summed E-state index contributed by atoms with van der Waals surface area (Å²) in [6.45, 7) is 2.09. The van der Waals surface area contributed by atoms with Gasteiger partial charge in [0.15, 0.2) is 0 Å². The molecule has 2 rings (SSSR count). The smallest absolute Gasteiger partial charge is 0.410 e. The number of nitrogens with zero attached hydrogens (tertiary/aromatic N) is 2. The van der Waals surface area contributed by atoms with Gasteiger partial charge in [0.25, 0.3) is 0 Å². The summed E-state index contributed by atoms with van der Waals surface area (Å²) in [5, 5.41) is 3.87. The minimum absolute atomic E-state index is 0. The fourth-order valence-corrected chi connectivity index (χ4v) is 2.99. The lowest BCUT2D eigenvalue weighted by molar-refractivity contribution is -0.116. The number of hydrogen-bond donors (Lipinski definition) is 1. The van der Waals surface area contributed by atoms with Crippen molar-refractivity contribution in [3.63, 3.8) is 0 Å². The van der Waals surface area contributed by atoms with E-state index >= 15 is 0 Å². The van der Waals surface area contributed by atoms with Gasteiger partial charge >= 0.3 is 6.09 Å². The summed E-state index contributed by atoms with van der Waals surface area (Å²) >= 11 is 6.06. The van der Waals surface area contributed by atoms with Gasteiger partial charge in [-0.15, -0.1) is 12.4 Å². The van der Waals surface area contributed by atoms with E-state index in [1.807, 2.05) is 31.3 Å². The number of ether oxygens (including phenoxy) is 1. The van der Waals surface area contributed by atoms with E-state index in [1.54, 1.807) is 50.2 Å². The molecular weight excluding hydrogens is 413 g/mol. The number of benzene rings is 2. The van der Waals surface area contributed by atoms with Crippen molar-refractivity contribution < 1.29 is 14.3 Å². The summed E-state index contributed by atoms with van der Waals surface area (Å²) < 4.78 is 5.24. The highest BCUT2D eigenvalue weighted by Gasteiger charge is 2.16. The van der Waals surface area contributed by atoms with Gasteiger partial charge in [-0.1, -0.05) is 29.8 Å². The Labute approximate surface area is 183 Å². The van der Waals surface area contributed by atoms with Crippen LogP contribution in [0.2, 0.25) is 5.02 Å². The van der Waals surface area contributed by atoms with Crippen molar-refractivity contribution in [2.75, 3.05) is 32.6 Å². The van der Waals surface area contributed by atoms with Crippen LogP contribution in [0.3, 0.4) is 0 Å². The highest BCUT2D eigenvalue weighted by atomic mass is 35.5. The number of hydrogen-bond acceptors (Lipinski definition) is 4. The van der Waals surface area contributed by atoms with Crippen LogP contribution in [0.25, 0.3) is 0 Å². The molecule has 0 radical (unpaired) electrons. The summed E-state index contributed by atoms with van der Waals surface area (Å²) in [6.07, 6.45) is 0.288. The van der Waals surface area contributed by atoms with E-state index in [0.29, 0.717) is 23.7 Å². The Bertz CT molecular complexity index is 813. The molecule has 6 nitrogen and oxygen atoms in total. The maximum Gasteiger partial charge on any atom is 0.414 e. The Hall–Kier alpha value is -2.28. The Morgan fingerprint density at radius 2 is 1.79 bits per heavy atom. The molecule has 0 bridgehead atoms. The molecule has 0 saturated carbocycles. The van der Waals surface area contributed by atoms with E-state index in [-0.39, 0.29) is 24.4 Å². The largest absolute Gasteiger partial charge is 0.414 e. The molecule has 0 aliphatic carbocycles. The third kappa shape index (κ3) is 7.24. The van der Waals surface area contributed by atoms with E-state index in [4.69, 9.17) is 16.3 Å². The van der Waals surface area contributed by atoms with Crippen molar-refractivity contribution in [2.24, 2.45) is 0 Å². The molecule has 158 valence electrons. The fourth-order valence-electron chi connectivity index (χ4n) is 2.81. The van der Waals surface area contributed by atoms with Crippen LogP contribution in [0.1, 0.15) is 24.9 Å². The Balaban J connectivity index is 0.00000420. The molecule has 1 unspecified atom stereocenters. The first-order valence-electron chi connectivity index (χ1n) is 9.02. The quantitative estimate of drug-likeness (QED) is 0.688. The number of carbonyl (C=O) groups excluding carboxylic acids is 2. The summed E-state index contributed by atoms with van der Waals surface area (Å²) in [7, 11) is 5.14. The van der Waals surface area contributed by atoms with E-state index in [2.05, 4.69) is 5.32 Å². The van der Waals surface area contributed by atoms with Gasteiger partial charge < -0.3 is 19.9 Å². The lowest BCUT2D eigenvalue weighted by atomic mass is 10.0. The molecular formula is C21H27Cl2N3O3. The van der Waals surface area contributed by atoms with Crippen LogP contribution in [-0.4, -0.2) is 44.6 Å². The Morgan fingerprint density at radius 3 is 2.31 bits per heavy atom. The van der Waals surface area contributed by atoms with Crippen LogP contribution in [-0.2, 0) is 4.79 Å². The van der Waals surface area contributed by atoms with E-state index < -0.39 is 6.09 Å². The van der Waals surface area contributed by atoms with Gasteiger partial charge in [-0.3, -0.25) is 4.79 Å². The molecule has 1 atom stereocenters. The summed E-state index contributed by atoms with van der Waals surface area (Å²) in [4.78, 5) is 26.8. The lowest BCUT2D eigenvalue weighted by Gasteiger charge is -2.25. The lowest BCUT2D eigenvalue weighted by Crippen LogP contribution is -2.32. The van der Waals surface area contributed by atoms with Crippen LogP contribution in [0.4, 0.5) is 10.5 Å². The predicted octanol–water partition coefficient (Wildman–Crippen LogP) is 4.53. The monoisotopic (exact) mass is 439 g/mol. The Kier molecular flexibility index (Phi) is 9.95. The minimum atomic E-state index is -0.420. The zero-order chi connectivity index (χ0) is 20.7. The molecule has 8 heteroatoms. The second kappa shape index (κ2) is 11.7. The first kappa shape index (κ1) is 24.8. The molecule has 29 heavy (non-hydrogen) atoms. The summed E-state index contributed by atoms with van der Waals surface area (Å²) in [6, 6.07) is 14.7. The second-order valence-electron chi connectivity index (χ2n) is 6.61. The SMILES string of the molecule is CNC(CCN(C(C)=O)c1cccc(Cl)c1)c1ccc(OC(=O)N(C)C)cc1.Cl. The van der Waals surface area contributed by atoms with Crippen LogP contribution < -0.4 is 15.0 Å². The number of carbonyl (C=O) groups is 2. The van der Waals surface area contributed by atoms with Gasteiger partial charge in [0.05, 0.1) is 0 Å². The van der Waals surface area contributed by atoms with E-state index in [1.165, 1.54) is 4.90 Å². The first-order valence-corrected chi connectivity index (χ1v) is 9.39.